The number of terminal acetylenes is 1. The average Bonchev–Trinajstić information content (AvgIpc) is 2.87. The van der Waals surface area contributed by atoms with Gasteiger partial charge in [0.2, 0.25) is 0 Å². The zero-order chi connectivity index (χ0) is 11.9. The molecule has 0 aliphatic carbocycles. The first-order chi connectivity index (χ1) is 8.38. The van der Waals surface area contributed by atoms with E-state index in [4.69, 9.17) is 15.9 Å². The molecule has 2 aromatic rings. The van der Waals surface area contributed by atoms with E-state index in [1.165, 1.54) is 0 Å². The maximum atomic E-state index is 5.59. The molecule has 86 valence electrons. The lowest BCUT2D eigenvalue weighted by atomic mass is 10.3. The van der Waals surface area contributed by atoms with Crippen LogP contribution in [0.2, 0.25) is 0 Å². The molecule has 0 amide bonds. The second kappa shape index (κ2) is 5.92. The first kappa shape index (κ1) is 11.5. The number of hydrogen-bond acceptors (Lipinski definition) is 4. The van der Waals surface area contributed by atoms with Gasteiger partial charge in [-0.1, -0.05) is 12.0 Å². The topological polar surface area (TPSA) is 31.4 Å². The molecule has 0 aliphatic rings. The van der Waals surface area contributed by atoms with Crippen molar-refractivity contribution in [1.29, 1.82) is 0 Å². The summed E-state index contributed by atoms with van der Waals surface area (Å²) in [6.07, 6.45) is 6.88. The second-order valence-corrected chi connectivity index (χ2v) is 4.16. The smallest absolute Gasteiger partial charge is 0.148 e. The van der Waals surface area contributed by atoms with E-state index in [0.29, 0.717) is 12.4 Å². The van der Waals surface area contributed by atoms with Crippen LogP contribution < -0.4 is 9.47 Å². The number of rotatable bonds is 5. The van der Waals surface area contributed by atoms with E-state index in [1.807, 2.05) is 29.6 Å². The molecule has 0 atom stereocenters. The van der Waals surface area contributed by atoms with E-state index in [9.17, 15) is 0 Å². The quantitative estimate of drug-likeness (QED) is 0.759. The molecular formula is C13H11NO2S. The molecule has 2 rings (SSSR count). The Balaban J connectivity index is 1.94. The van der Waals surface area contributed by atoms with Gasteiger partial charge in [0.1, 0.15) is 29.7 Å². The molecule has 0 spiro atoms. The number of aromatic nitrogens is 1. The van der Waals surface area contributed by atoms with Crippen LogP contribution in [0.1, 0.15) is 5.01 Å². The number of nitrogens with zero attached hydrogens (tertiary/aromatic N) is 1. The van der Waals surface area contributed by atoms with Crippen LogP contribution >= 0.6 is 11.3 Å². The van der Waals surface area contributed by atoms with E-state index < -0.39 is 0 Å². The fourth-order valence-corrected chi connectivity index (χ4v) is 1.78. The maximum absolute atomic E-state index is 5.59. The number of hydrogen-bond donors (Lipinski definition) is 0. The molecule has 4 heteroatoms. The van der Waals surface area contributed by atoms with Gasteiger partial charge < -0.3 is 9.47 Å². The summed E-state index contributed by atoms with van der Waals surface area (Å²) in [4.78, 5) is 4.14. The minimum Gasteiger partial charge on any atom is -0.486 e. The Labute approximate surface area is 104 Å². The molecule has 1 aromatic carbocycles. The lowest BCUT2D eigenvalue weighted by Crippen LogP contribution is -1.96. The summed E-state index contributed by atoms with van der Waals surface area (Å²) < 4.78 is 10.9. The molecule has 0 N–H and O–H groups in total. The van der Waals surface area contributed by atoms with Crippen LogP contribution in [-0.4, -0.2) is 11.6 Å². The van der Waals surface area contributed by atoms with Crippen molar-refractivity contribution in [3.8, 4) is 23.8 Å². The summed E-state index contributed by atoms with van der Waals surface area (Å²) in [7, 11) is 0. The zero-order valence-electron chi connectivity index (χ0n) is 9.13. The Morgan fingerprint density at radius 3 is 2.82 bits per heavy atom. The highest BCUT2D eigenvalue weighted by atomic mass is 32.1. The molecular weight excluding hydrogens is 234 g/mol. The highest BCUT2D eigenvalue weighted by Gasteiger charge is 1.99. The van der Waals surface area contributed by atoms with Gasteiger partial charge in [0.05, 0.1) is 0 Å². The van der Waals surface area contributed by atoms with E-state index in [-0.39, 0.29) is 6.61 Å². The largest absolute Gasteiger partial charge is 0.486 e. The number of benzene rings is 1. The molecule has 1 heterocycles. The predicted octanol–water partition coefficient (Wildman–Crippen LogP) is 2.73. The maximum Gasteiger partial charge on any atom is 0.148 e. The third-order valence-electron chi connectivity index (χ3n) is 1.97. The van der Waals surface area contributed by atoms with Crippen LogP contribution in [0.15, 0.2) is 35.8 Å². The Morgan fingerprint density at radius 2 is 2.12 bits per heavy atom. The average molecular weight is 245 g/mol. The van der Waals surface area contributed by atoms with Crippen molar-refractivity contribution in [1.82, 2.24) is 4.98 Å². The van der Waals surface area contributed by atoms with Crippen molar-refractivity contribution in [3.63, 3.8) is 0 Å². The lowest BCUT2D eigenvalue weighted by Gasteiger charge is -2.06. The van der Waals surface area contributed by atoms with Crippen molar-refractivity contribution < 1.29 is 9.47 Å². The number of thiazole rings is 1. The SMILES string of the molecule is C#CCOc1cccc(OCc2nccs2)c1. The fraction of sp³-hybridized carbons (Fsp3) is 0.154. The van der Waals surface area contributed by atoms with Gasteiger partial charge >= 0.3 is 0 Å². The summed E-state index contributed by atoms with van der Waals surface area (Å²) >= 11 is 1.57. The zero-order valence-corrected chi connectivity index (χ0v) is 9.94. The molecule has 0 fully saturated rings. The minimum absolute atomic E-state index is 0.260. The molecule has 0 unspecified atom stereocenters. The molecule has 0 saturated heterocycles. The van der Waals surface area contributed by atoms with Gasteiger partial charge in [0.25, 0.3) is 0 Å². The van der Waals surface area contributed by atoms with Gasteiger partial charge in [0.15, 0.2) is 0 Å². The van der Waals surface area contributed by atoms with Crippen LogP contribution in [0.25, 0.3) is 0 Å². The highest BCUT2D eigenvalue weighted by Crippen LogP contribution is 2.20. The summed E-state index contributed by atoms with van der Waals surface area (Å²) in [6, 6.07) is 7.39. The standard InChI is InChI=1S/C13H11NO2S/c1-2-7-15-11-4-3-5-12(9-11)16-10-13-14-6-8-17-13/h1,3-6,8-9H,7,10H2. The highest BCUT2D eigenvalue weighted by molar-refractivity contribution is 7.09. The monoisotopic (exact) mass is 245 g/mol. The van der Waals surface area contributed by atoms with Crippen LogP contribution in [0, 0.1) is 12.3 Å². The van der Waals surface area contributed by atoms with Gasteiger partial charge in [-0.2, -0.15) is 0 Å². The molecule has 0 aliphatic heterocycles. The lowest BCUT2D eigenvalue weighted by molar-refractivity contribution is 0.301. The van der Waals surface area contributed by atoms with Crippen LogP contribution in [0.4, 0.5) is 0 Å². The third-order valence-corrected chi connectivity index (χ3v) is 2.73. The minimum atomic E-state index is 0.260. The molecule has 3 nitrogen and oxygen atoms in total. The summed E-state index contributed by atoms with van der Waals surface area (Å²) in [6.45, 7) is 0.728. The van der Waals surface area contributed by atoms with Gasteiger partial charge in [-0.3, -0.25) is 0 Å². The van der Waals surface area contributed by atoms with Crippen molar-refractivity contribution in [3.05, 3.63) is 40.8 Å². The van der Waals surface area contributed by atoms with Crippen LogP contribution in [-0.2, 0) is 6.61 Å². The molecule has 0 bridgehead atoms. The first-order valence-corrected chi connectivity index (χ1v) is 5.94. The summed E-state index contributed by atoms with van der Waals surface area (Å²) in [5.74, 6) is 3.87. The summed E-state index contributed by atoms with van der Waals surface area (Å²) in [5.41, 5.74) is 0. The Kier molecular flexibility index (Phi) is 4.00. The second-order valence-electron chi connectivity index (χ2n) is 3.18. The Morgan fingerprint density at radius 1 is 1.29 bits per heavy atom. The third kappa shape index (κ3) is 3.51. The molecule has 17 heavy (non-hydrogen) atoms. The van der Waals surface area contributed by atoms with Gasteiger partial charge in [0, 0.05) is 17.6 Å². The van der Waals surface area contributed by atoms with Crippen LogP contribution in [0.5, 0.6) is 11.5 Å². The van der Waals surface area contributed by atoms with Gasteiger partial charge in [-0.15, -0.1) is 17.8 Å². The van der Waals surface area contributed by atoms with E-state index in [1.54, 1.807) is 17.5 Å². The van der Waals surface area contributed by atoms with Crippen LogP contribution in [0.3, 0.4) is 0 Å². The number of ether oxygens (including phenoxy) is 2. The first-order valence-electron chi connectivity index (χ1n) is 5.06. The van der Waals surface area contributed by atoms with E-state index in [2.05, 4.69) is 10.9 Å². The van der Waals surface area contributed by atoms with Crippen molar-refractivity contribution in [2.45, 2.75) is 6.61 Å². The summed E-state index contributed by atoms with van der Waals surface area (Å²) in [5, 5.41) is 2.87. The normalized spacial score (nSPS) is 9.59. The van der Waals surface area contributed by atoms with Crippen molar-refractivity contribution in [2.24, 2.45) is 0 Å². The van der Waals surface area contributed by atoms with Crippen molar-refractivity contribution >= 4 is 11.3 Å². The fourth-order valence-electron chi connectivity index (χ4n) is 1.25. The Bertz CT molecular complexity index is 502. The van der Waals surface area contributed by atoms with Gasteiger partial charge in [-0.05, 0) is 12.1 Å². The molecule has 0 saturated carbocycles. The Hall–Kier alpha value is -1.99. The van der Waals surface area contributed by atoms with Crippen molar-refractivity contribution in [2.75, 3.05) is 6.61 Å². The molecule has 1 aromatic heterocycles. The van der Waals surface area contributed by atoms with E-state index in [0.717, 1.165) is 10.8 Å². The van der Waals surface area contributed by atoms with E-state index >= 15 is 0 Å². The predicted molar refractivity (Wildman–Crippen MR) is 67.2 cm³/mol. The van der Waals surface area contributed by atoms with Gasteiger partial charge in [-0.25, -0.2) is 4.98 Å². The molecule has 0 radical (unpaired) electrons.